The largest absolute Gasteiger partial charge is 0.326 e. The number of aryl methyl sites for hydroxylation is 2. The van der Waals surface area contributed by atoms with Crippen LogP contribution in [0.1, 0.15) is 63.5 Å². The summed E-state index contributed by atoms with van der Waals surface area (Å²) < 4.78 is 0. The molecular weight excluding hydrogens is 390 g/mol. The van der Waals surface area contributed by atoms with Crippen LogP contribution >= 0.6 is 0 Å². The third kappa shape index (κ3) is 4.55. The number of carbonyl (C=O) groups excluding carboxylic acids is 2. The van der Waals surface area contributed by atoms with Crippen LogP contribution in [-0.2, 0) is 9.59 Å². The monoisotopic (exact) mass is 425 g/mol. The Morgan fingerprint density at radius 2 is 1.90 bits per heavy atom. The molecule has 0 radical (unpaired) electrons. The summed E-state index contributed by atoms with van der Waals surface area (Å²) in [5.41, 5.74) is 6.31. The van der Waals surface area contributed by atoms with E-state index in [9.17, 15) is 9.59 Å². The molecule has 7 heteroatoms. The summed E-state index contributed by atoms with van der Waals surface area (Å²) in [6.07, 6.45) is 4.92. The first-order chi connectivity index (χ1) is 14.8. The average Bonchev–Trinajstić information content (AvgIpc) is 3.12. The van der Waals surface area contributed by atoms with Crippen LogP contribution in [0.2, 0.25) is 0 Å². The minimum absolute atomic E-state index is 0.0107. The number of anilines is 1. The fourth-order valence-electron chi connectivity index (χ4n) is 5.32. The molecule has 168 valence electrons. The number of benzene rings is 1. The second-order valence-electron chi connectivity index (χ2n) is 9.71. The molecule has 3 unspecified atom stereocenters. The third-order valence-electron chi connectivity index (χ3n) is 6.50. The summed E-state index contributed by atoms with van der Waals surface area (Å²) in [5.74, 6) is 1.58. The van der Waals surface area contributed by atoms with Crippen LogP contribution in [-0.4, -0.2) is 46.3 Å². The van der Waals surface area contributed by atoms with Crippen molar-refractivity contribution in [2.24, 2.45) is 16.9 Å². The molecule has 31 heavy (non-hydrogen) atoms. The number of nitrogens with one attached hydrogen (secondary N) is 2. The van der Waals surface area contributed by atoms with Crippen molar-refractivity contribution in [3.05, 3.63) is 29.3 Å². The van der Waals surface area contributed by atoms with Gasteiger partial charge >= 0.3 is 0 Å². The lowest BCUT2D eigenvalue weighted by Gasteiger charge is -2.51. The van der Waals surface area contributed by atoms with Crippen molar-refractivity contribution in [2.75, 3.05) is 11.9 Å². The zero-order chi connectivity index (χ0) is 22.1. The smallest absolute Gasteiger partial charge is 0.230 e. The van der Waals surface area contributed by atoms with Gasteiger partial charge in [0.25, 0.3) is 0 Å². The van der Waals surface area contributed by atoms with Crippen LogP contribution in [0, 0.1) is 25.7 Å². The van der Waals surface area contributed by atoms with Crippen LogP contribution in [0.25, 0.3) is 0 Å². The number of carbonyl (C=O) groups is 2. The number of hydrogen-bond acceptors (Lipinski definition) is 5. The van der Waals surface area contributed by atoms with Gasteiger partial charge in [0, 0.05) is 31.1 Å². The van der Waals surface area contributed by atoms with Gasteiger partial charge in [0.15, 0.2) is 6.29 Å². The maximum Gasteiger partial charge on any atom is 0.230 e. The van der Waals surface area contributed by atoms with E-state index in [-0.39, 0.29) is 30.1 Å². The van der Waals surface area contributed by atoms with Gasteiger partial charge in [-0.05, 0) is 55.9 Å². The fraction of sp³-hybridized carbons (Fsp3) is 0.625. The van der Waals surface area contributed by atoms with Crippen molar-refractivity contribution in [1.82, 2.24) is 15.2 Å². The number of amides is 2. The summed E-state index contributed by atoms with van der Waals surface area (Å²) in [6, 6.07) is 6.26. The van der Waals surface area contributed by atoms with E-state index in [1.165, 1.54) is 0 Å². The molecule has 1 aliphatic carbocycles. The minimum Gasteiger partial charge on any atom is -0.326 e. The Labute approximate surface area is 185 Å². The summed E-state index contributed by atoms with van der Waals surface area (Å²) in [6.45, 7) is 9.05. The molecular formula is C24H35N5O2. The second kappa shape index (κ2) is 8.89. The van der Waals surface area contributed by atoms with Gasteiger partial charge in [-0.25, -0.2) is 0 Å². The van der Waals surface area contributed by atoms with Crippen molar-refractivity contribution >= 4 is 23.3 Å². The topological polar surface area (TPSA) is 77.0 Å². The number of rotatable bonds is 6. The quantitative estimate of drug-likeness (QED) is 0.730. The molecule has 4 rings (SSSR count). The van der Waals surface area contributed by atoms with E-state index in [0.29, 0.717) is 25.3 Å². The standard InChI is InChI=1S/C24H35N5O2/c1-15(2)14-28-23(31)19-7-5-6-8-20(19)29-21(26-27-24(28)29)9-10-22(30)25-18-12-16(3)11-17(4)13-18/h11-13,15,19-20,24,27H,5-10,14H2,1-4H3,(H,25,30). The van der Waals surface area contributed by atoms with E-state index in [0.717, 1.165) is 48.3 Å². The molecule has 1 saturated carbocycles. The average molecular weight is 426 g/mol. The molecule has 1 aromatic carbocycles. The number of hydrazone groups is 1. The van der Waals surface area contributed by atoms with E-state index in [4.69, 9.17) is 0 Å². The van der Waals surface area contributed by atoms with Crippen molar-refractivity contribution in [3.8, 4) is 0 Å². The molecule has 2 aliphatic heterocycles. The van der Waals surface area contributed by atoms with Gasteiger partial charge in [-0.3, -0.25) is 15.0 Å². The highest BCUT2D eigenvalue weighted by Crippen LogP contribution is 2.38. The Hall–Kier alpha value is -2.57. The van der Waals surface area contributed by atoms with Gasteiger partial charge < -0.3 is 15.1 Å². The molecule has 2 heterocycles. The second-order valence-corrected chi connectivity index (χ2v) is 9.71. The minimum atomic E-state index is -0.216. The van der Waals surface area contributed by atoms with E-state index in [1.54, 1.807) is 0 Å². The number of nitrogens with zero attached hydrogens (tertiary/aromatic N) is 3. The first-order valence-electron chi connectivity index (χ1n) is 11.6. The number of hydrogen-bond donors (Lipinski definition) is 2. The van der Waals surface area contributed by atoms with Gasteiger partial charge in [0.1, 0.15) is 5.84 Å². The maximum absolute atomic E-state index is 13.2. The Balaban J connectivity index is 1.44. The Morgan fingerprint density at radius 1 is 1.19 bits per heavy atom. The van der Waals surface area contributed by atoms with Crippen LogP contribution in [0.5, 0.6) is 0 Å². The predicted molar refractivity (Wildman–Crippen MR) is 122 cm³/mol. The van der Waals surface area contributed by atoms with Gasteiger partial charge in [-0.2, -0.15) is 5.10 Å². The third-order valence-corrected chi connectivity index (χ3v) is 6.50. The summed E-state index contributed by atoms with van der Waals surface area (Å²) >= 11 is 0. The van der Waals surface area contributed by atoms with Crippen molar-refractivity contribution in [2.45, 2.75) is 78.6 Å². The van der Waals surface area contributed by atoms with Crippen LogP contribution < -0.4 is 10.7 Å². The lowest BCUT2D eigenvalue weighted by molar-refractivity contribution is -0.156. The molecule has 1 saturated heterocycles. The van der Waals surface area contributed by atoms with E-state index in [1.807, 2.05) is 30.9 Å². The Morgan fingerprint density at radius 3 is 2.61 bits per heavy atom. The molecule has 3 atom stereocenters. The van der Waals surface area contributed by atoms with Crippen LogP contribution in [0.3, 0.4) is 0 Å². The lowest BCUT2D eigenvalue weighted by Crippen LogP contribution is -2.67. The van der Waals surface area contributed by atoms with Crippen molar-refractivity contribution in [3.63, 3.8) is 0 Å². The molecule has 1 aromatic rings. The van der Waals surface area contributed by atoms with Gasteiger partial charge in [0.2, 0.25) is 11.8 Å². The molecule has 0 bridgehead atoms. The first-order valence-corrected chi connectivity index (χ1v) is 11.6. The molecule has 0 spiro atoms. The normalized spacial score (nSPS) is 25.1. The van der Waals surface area contributed by atoms with Gasteiger partial charge in [-0.1, -0.05) is 32.8 Å². The molecule has 2 N–H and O–H groups in total. The van der Waals surface area contributed by atoms with E-state index in [2.05, 4.69) is 40.7 Å². The van der Waals surface area contributed by atoms with Crippen molar-refractivity contribution < 1.29 is 9.59 Å². The maximum atomic E-state index is 13.2. The molecule has 3 aliphatic rings. The van der Waals surface area contributed by atoms with E-state index < -0.39 is 0 Å². The Kier molecular flexibility index (Phi) is 6.21. The Bertz CT molecular complexity index is 860. The summed E-state index contributed by atoms with van der Waals surface area (Å²) in [4.78, 5) is 30.1. The summed E-state index contributed by atoms with van der Waals surface area (Å²) in [5, 5.41) is 7.61. The van der Waals surface area contributed by atoms with Crippen LogP contribution in [0.4, 0.5) is 5.69 Å². The zero-order valence-electron chi connectivity index (χ0n) is 19.1. The first kappa shape index (κ1) is 21.7. The number of fused-ring (bicyclic) bond motifs is 3. The fourth-order valence-corrected chi connectivity index (χ4v) is 5.32. The SMILES string of the molecule is Cc1cc(C)cc(NC(=O)CCC2=NNC3N(CC(C)C)C(=O)C4CCCCC4N23)c1. The van der Waals surface area contributed by atoms with Crippen LogP contribution in [0.15, 0.2) is 23.3 Å². The predicted octanol–water partition coefficient (Wildman–Crippen LogP) is 3.58. The van der Waals surface area contributed by atoms with E-state index >= 15 is 0 Å². The number of amidine groups is 1. The zero-order valence-corrected chi connectivity index (χ0v) is 19.1. The molecule has 2 fully saturated rings. The highest BCUT2D eigenvalue weighted by Gasteiger charge is 2.50. The molecule has 2 amide bonds. The lowest BCUT2D eigenvalue weighted by atomic mass is 9.80. The van der Waals surface area contributed by atoms with Gasteiger partial charge in [-0.15, -0.1) is 0 Å². The molecule has 0 aromatic heterocycles. The molecule has 7 nitrogen and oxygen atoms in total. The summed E-state index contributed by atoms with van der Waals surface area (Å²) in [7, 11) is 0. The van der Waals surface area contributed by atoms with Crippen molar-refractivity contribution in [1.29, 1.82) is 0 Å². The highest BCUT2D eigenvalue weighted by atomic mass is 16.2. The highest BCUT2D eigenvalue weighted by molar-refractivity contribution is 5.95. The van der Waals surface area contributed by atoms with Gasteiger partial charge in [0.05, 0.1) is 5.92 Å².